The Labute approximate surface area is 500 Å². The van der Waals surface area contributed by atoms with Crippen molar-refractivity contribution in [2.45, 2.75) is 211 Å². The van der Waals surface area contributed by atoms with E-state index < -0.39 is 125 Å². The number of allylic oxidation sites excluding steroid dienone is 2. The quantitative estimate of drug-likeness (QED) is 0.0279. The summed E-state index contributed by atoms with van der Waals surface area (Å²) in [5.41, 5.74) is -5.85. The number of carbonyl (C=O) groups is 6. The minimum atomic E-state index is -2.29. The van der Waals surface area contributed by atoms with E-state index >= 15 is 9.59 Å². The molecular weight excluding hydrogens is 1090 g/mol. The number of ether oxygens (including phenoxy) is 8. The number of carbonyl (C=O) groups excluding carboxylic acids is 6. The zero-order valence-corrected chi connectivity index (χ0v) is 50.6. The molecule has 13 atom stereocenters. The Morgan fingerprint density at radius 1 is 0.788 bits per heavy atom. The highest BCUT2D eigenvalue weighted by Crippen LogP contribution is 2.65. The lowest BCUT2D eigenvalue weighted by atomic mass is 9.43. The van der Waals surface area contributed by atoms with Crippen molar-refractivity contribution in [2.24, 2.45) is 22.7 Å². The Hall–Kier alpha value is -6.24. The van der Waals surface area contributed by atoms with Crippen LogP contribution in [0.4, 0.5) is 4.79 Å². The van der Waals surface area contributed by atoms with Crippen LogP contribution in [0.15, 0.2) is 114 Å². The molecular formula is C68H89NO16. The van der Waals surface area contributed by atoms with Crippen molar-refractivity contribution >= 4 is 35.8 Å². The lowest BCUT2D eigenvalue weighted by Gasteiger charge is -2.67. The second-order valence-electron chi connectivity index (χ2n) is 24.6. The molecule has 2 aliphatic heterocycles. The van der Waals surface area contributed by atoms with Crippen LogP contribution in [-0.4, -0.2) is 120 Å². The first-order valence-corrected chi connectivity index (χ1v) is 30.9. The molecule has 5 aliphatic rings. The van der Waals surface area contributed by atoms with Crippen LogP contribution < -0.4 is 5.32 Å². The lowest BCUT2D eigenvalue weighted by Crippen LogP contribution is -2.81. The topological polar surface area (TPSA) is 229 Å². The second kappa shape index (κ2) is 29.0. The van der Waals surface area contributed by atoms with Gasteiger partial charge in [-0.3, -0.25) is 14.4 Å². The van der Waals surface area contributed by atoms with E-state index in [1.807, 2.05) is 0 Å². The third-order valence-corrected chi connectivity index (χ3v) is 18.6. The number of amides is 1. The largest absolute Gasteiger partial charge is 0.509 e. The van der Waals surface area contributed by atoms with Gasteiger partial charge >= 0.3 is 24.1 Å². The van der Waals surface area contributed by atoms with Crippen molar-refractivity contribution in [3.63, 3.8) is 0 Å². The molecule has 2 saturated heterocycles. The molecule has 0 aromatic heterocycles. The number of unbranched alkanes of at least 4 members (excludes halogenated alkanes) is 11. The molecule has 2 saturated carbocycles. The predicted molar refractivity (Wildman–Crippen MR) is 316 cm³/mol. The van der Waals surface area contributed by atoms with Crippen LogP contribution in [0.2, 0.25) is 0 Å². The lowest BCUT2D eigenvalue weighted by molar-refractivity contribution is -0.345. The minimum absolute atomic E-state index is 0.106. The van der Waals surface area contributed by atoms with Gasteiger partial charge in [0.2, 0.25) is 6.10 Å². The molecule has 3 aromatic rings. The molecule has 1 amide bonds. The summed E-state index contributed by atoms with van der Waals surface area (Å²) in [6.07, 6.45) is 10.3. The Morgan fingerprint density at radius 2 is 1.39 bits per heavy atom. The molecule has 0 spiro atoms. The van der Waals surface area contributed by atoms with E-state index in [0.717, 1.165) is 44.9 Å². The van der Waals surface area contributed by atoms with Crippen LogP contribution in [0.3, 0.4) is 0 Å². The number of ketones is 1. The molecule has 462 valence electrons. The van der Waals surface area contributed by atoms with Crippen LogP contribution in [0.25, 0.3) is 0 Å². The summed E-state index contributed by atoms with van der Waals surface area (Å²) in [6.45, 7) is 11.4. The number of esters is 3. The SMILES string of the molecule is CCCCCCCC/C=C\CCCCCCCC1OCC(COC(=O)O[C@@H](C(=O)O[C@H]2C[C@@]3(O)[C@@H](OC(=O)c4ccccc4)[C@@H]4[C@]5(OC(C)=O)CO[C@@H]5C[C@H](O)[C@@]4(C)C(=O)[C@H](C)C(=C2C)C3(C)C)[C@@H](NC(=O)c2ccccc2)c2ccccc2)O1. The van der Waals surface area contributed by atoms with Gasteiger partial charge in [0.15, 0.2) is 11.9 Å². The summed E-state index contributed by atoms with van der Waals surface area (Å²) in [7, 11) is 0. The summed E-state index contributed by atoms with van der Waals surface area (Å²) in [6, 6.07) is 23.3. The van der Waals surface area contributed by atoms with Gasteiger partial charge in [-0.05, 0) is 93.3 Å². The number of Topliss-reactive ketones (excluding diaryl/α,β-unsaturated/α-hetero) is 1. The number of hydrogen-bond acceptors (Lipinski definition) is 16. The van der Waals surface area contributed by atoms with E-state index in [9.17, 15) is 29.4 Å². The maximum Gasteiger partial charge on any atom is 0.509 e. The van der Waals surface area contributed by atoms with Crippen LogP contribution in [0, 0.1) is 22.7 Å². The summed E-state index contributed by atoms with van der Waals surface area (Å²) in [5, 5.41) is 29.1. The number of hydrogen-bond donors (Lipinski definition) is 3. The molecule has 8 rings (SSSR count). The zero-order valence-electron chi connectivity index (χ0n) is 50.6. The molecule has 0 radical (unpaired) electrons. The molecule has 2 heterocycles. The zero-order chi connectivity index (χ0) is 60.9. The number of rotatable bonds is 27. The van der Waals surface area contributed by atoms with Gasteiger partial charge in [-0.15, -0.1) is 0 Å². The smallest absolute Gasteiger partial charge is 0.455 e. The van der Waals surface area contributed by atoms with Crippen LogP contribution in [0.1, 0.15) is 184 Å². The fourth-order valence-corrected chi connectivity index (χ4v) is 14.0. The summed E-state index contributed by atoms with van der Waals surface area (Å²) in [5.74, 6) is -6.40. The highest BCUT2D eigenvalue weighted by Gasteiger charge is 2.77. The van der Waals surface area contributed by atoms with Gasteiger partial charge < -0.3 is 53.4 Å². The predicted octanol–water partition coefficient (Wildman–Crippen LogP) is 11.4. The van der Waals surface area contributed by atoms with Gasteiger partial charge in [-0.25, -0.2) is 14.4 Å². The monoisotopic (exact) mass is 1180 g/mol. The van der Waals surface area contributed by atoms with E-state index in [0.29, 0.717) is 23.1 Å². The molecule has 2 unspecified atom stereocenters. The van der Waals surface area contributed by atoms with Crippen molar-refractivity contribution in [1.29, 1.82) is 0 Å². The van der Waals surface area contributed by atoms with Gasteiger partial charge in [0.1, 0.15) is 48.4 Å². The number of fused-ring (bicyclic) bond motifs is 5. The maximum atomic E-state index is 15.6. The Morgan fingerprint density at radius 3 is 2.00 bits per heavy atom. The third kappa shape index (κ3) is 14.4. The fraction of sp³-hybridized carbons (Fsp3) is 0.588. The molecule has 17 heteroatoms. The third-order valence-electron chi connectivity index (χ3n) is 18.6. The first kappa shape index (κ1) is 64.8. The fourth-order valence-electron chi connectivity index (χ4n) is 14.0. The standard InChI is InChI=1S/C68H89NO16/c1-8-9-10-11-12-13-14-15-16-17-18-19-20-21-31-38-54-78-41-50(81-54)42-79-64(76)83-57(56(47-32-25-22-26-33-47)69-61(73)48-34-27-23-28-35-48)63(75)82-51-40-68(77)60(84-62(74)49-36-29-24-30-37-49)58-66(7,59(72)45(3)55(44(51)2)65(68,5)6)52(71)39-53-67(58,43-80-53)85-46(4)70/h15-16,22-30,32-37,45,50-54,56-58,60,71,77H,8-14,17-21,31,38-43H2,1-7H3,(H,69,73)/b16-15-/t45-,50?,51+,52+,53-,54?,56+,57-,58+,60+,66-,67+,68-/m1/s1. The molecule has 3 N–H and O–H groups in total. The van der Waals surface area contributed by atoms with E-state index in [2.05, 4.69) is 24.4 Å². The number of aliphatic hydroxyl groups is 2. The molecule has 3 aliphatic carbocycles. The highest BCUT2D eigenvalue weighted by atomic mass is 16.8. The van der Waals surface area contributed by atoms with E-state index in [-0.39, 0.29) is 37.4 Å². The molecule has 3 aromatic carbocycles. The molecule has 2 bridgehead atoms. The van der Waals surface area contributed by atoms with Crippen molar-refractivity contribution in [3.05, 3.63) is 131 Å². The average Bonchev–Trinajstić information content (AvgIpc) is 0.828. The maximum absolute atomic E-state index is 15.6. The van der Waals surface area contributed by atoms with Crippen LogP contribution in [0.5, 0.6) is 0 Å². The molecule has 4 fully saturated rings. The van der Waals surface area contributed by atoms with Crippen LogP contribution in [-0.2, 0) is 52.3 Å². The first-order chi connectivity index (χ1) is 40.8. The van der Waals surface area contributed by atoms with E-state index in [4.69, 9.17) is 37.9 Å². The van der Waals surface area contributed by atoms with Crippen molar-refractivity contribution in [1.82, 2.24) is 5.32 Å². The normalized spacial score (nSPS) is 29.2. The number of nitrogens with one attached hydrogen (secondary N) is 1. The van der Waals surface area contributed by atoms with Crippen LogP contribution >= 0.6 is 0 Å². The average molecular weight is 1180 g/mol. The van der Waals surface area contributed by atoms with Crippen molar-refractivity contribution in [3.8, 4) is 0 Å². The summed E-state index contributed by atoms with van der Waals surface area (Å²) in [4.78, 5) is 87.0. The number of benzene rings is 3. The van der Waals surface area contributed by atoms with Gasteiger partial charge in [0.05, 0.1) is 36.2 Å². The summed E-state index contributed by atoms with van der Waals surface area (Å²) < 4.78 is 48.9. The second-order valence-corrected chi connectivity index (χ2v) is 24.6. The molecule has 85 heavy (non-hydrogen) atoms. The summed E-state index contributed by atoms with van der Waals surface area (Å²) >= 11 is 0. The minimum Gasteiger partial charge on any atom is -0.455 e. The van der Waals surface area contributed by atoms with E-state index in [1.54, 1.807) is 113 Å². The van der Waals surface area contributed by atoms with Gasteiger partial charge in [-0.2, -0.15) is 0 Å². The highest BCUT2D eigenvalue weighted by molar-refractivity contribution is 5.95. The Kier molecular flexibility index (Phi) is 22.1. The Balaban J connectivity index is 1.03. The van der Waals surface area contributed by atoms with Crippen molar-refractivity contribution < 1.29 is 76.9 Å². The van der Waals surface area contributed by atoms with Gasteiger partial charge in [0, 0.05) is 36.7 Å². The number of aliphatic hydroxyl groups excluding tert-OH is 1. The van der Waals surface area contributed by atoms with Gasteiger partial charge in [-0.1, -0.05) is 158 Å². The van der Waals surface area contributed by atoms with Crippen molar-refractivity contribution in [2.75, 3.05) is 19.8 Å². The first-order valence-electron chi connectivity index (χ1n) is 30.9. The molecule has 17 nitrogen and oxygen atoms in total. The van der Waals surface area contributed by atoms with E-state index in [1.165, 1.54) is 57.6 Å². The Bertz CT molecular complexity index is 2820. The van der Waals surface area contributed by atoms with Gasteiger partial charge in [0.25, 0.3) is 5.91 Å².